The minimum absolute atomic E-state index is 0.294. The molecule has 0 saturated heterocycles. The summed E-state index contributed by atoms with van der Waals surface area (Å²) in [4.78, 5) is 0. The molecular formula is C11H20O2. The second kappa shape index (κ2) is 4.25. The topological polar surface area (TPSA) is 40.5 Å². The van der Waals surface area contributed by atoms with Crippen molar-refractivity contribution in [3.8, 4) is 0 Å². The van der Waals surface area contributed by atoms with Crippen molar-refractivity contribution >= 4 is 0 Å². The molecule has 0 amide bonds. The standard InChI is InChI=1S/C11H20O2/c1-9-4-3-6-11(2,8-9)7-5-10(12)13/h4,10,12-13H,3,5-8H2,1-2H3. The molecule has 1 rings (SSSR count). The van der Waals surface area contributed by atoms with Gasteiger partial charge in [-0.05, 0) is 44.4 Å². The second-order valence-electron chi connectivity index (χ2n) is 4.60. The minimum Gasteiger partial charge on any atom is -0.368 e. The Kier molecular flexibility index (Phi) is 3.51. The van der Waals surface area contributed by atoms with Crippen LogP contribution >= 0.6 is 0 Å². The molecule has 2 heteroatoms. The number of allylic oxidation sites excluding steroid dienone is 2. The molecule has 1 unspecified atom stereocenters. The van der Waals surface area contributed by atoms with Gasteiger partial charge in [0.15, 0.2) is 6.29 Å². The average molecular weight is 184 g/mol. The molecule has 76 valence electrons. The predicted octanol–water partition coefficient (Wildman–Crippen LogP) is 2.21. The fourth-order valence-corrected chi connectivity index (χ4v) is 2.19. The lowest BCUT2D eigenvalue weighted by atomic mass is 9.73. The molecule has 0 spiro atoms. The van der Waals surface area contributed by atoms with E-state index in [1.807, 2.05) is 0 Å². The molecule has 0 aromatic carbocycles. The number of rotatable bonds is 3. The third kappa shape index (κ3) is 3.49. The SMILES string of the molecule is CC1=CCCC(C)(CCC(O)O)C1. The molecular weight excluding hydrogens is 164 g/mol. The summed E-state index contributed by atoms with van der Waals surface area (Å²) < 4.78 is 0. The largest absolute Gasteiger partial charge is 0.368 e. The van der Waals surface area contributed by atoms with E-state index in [1.54, 1.807) is 0 Å². The summed E-state index contributed by atoms with van der Waals surface area (Å²) in [7, 11) is 0. The first-order valence-electron chi connectivity index (χ1n) is 5.04. The summed E-state index contributed by atoms with van der Waals surface area (Å²) in [5, 5.41) is 17.6. The zero-order chi connectivity index (χ0) is 9.90. The Balaban J connectivity index is 2.42. The van der Waals surface area contributed by atoms with Gasteiger partial charge in [0.05, 0.1) is 0 Å². The van der Waals surface area contributed by atoms with E-state index in [1.165, 1.54) is 12.0 Å². The summed E-state index contributed by atoms with van der Waals surface area (Å²) in [5.74, 6) is 0. The van der Waals surface area contributed by atoms with Gasteiger partial charge in [0, 0.05) is 0 Å². The van der Waals surface area contributed by atoms with Crippen LogP contribution in [0.25, 0.3) is 0 Å². The summed E-state index contributed by atoms with van der Waals surface area (Å²) in [5.41, 5.74) is 1.74. The highest BCUT2D eigenvalue weighted by atomic mass is 16.5. The summed E-state index contributed by atoms with van der Waals surface area (Å²) in [6, 6.07) is 0. The maximum absolute atomic E-state index is 8.80. The Hall–Kier alpha value is -0.340. The smallest absolute Gasteiger partial charge is 0.151 e. The van der Waals surface area contributed by atoms with Crippen LogP contribution in [-0.4, -0.2) is 16.5 Å². The molecule has 0 bridgehead atoms. The molecule has 0 aromatic heterocycles. The highest BCUT2D eigenvalue weighted by molar-refractivity contribution is 5.06. The number of hydrogen-bond acceptors (Lipinski definition) is 2. The van der Waals surface area contributed by atoms with Crippen LogP contribution in [0.5, 0.6) is 0 Å². The van der Waals surface area contributed by atoms with E-state index in [0.717, 1.165) is 19.3 Å². The zero-order valence-corrected chi connectivity index (χ0v) is 8.58. The molecule has 2 N–H and O–H groups in total. The monoisotopic (exact) mass is 184 g/mol. The van der Waals surface area contributed by atoms with Gasteiger partial charge >= 0.3 is 0 Å². The number of aliphatic hydroxyl groups excluding tert-OH is 1. The molecule has 0 aliphatic heterocycles. The van der Waals surface area contributed by atoms with Crippen LogP contribution in [0, 0.1) is 5.41 Å². The van der Waals surface area contributed by atoms with E-state index in [4.69, 9.17) is 10.2 Å². The Morgan fingerprint density at radius 1 is 1.54 bits per heavy atom. The molecule has 0 radical (unpaired) electrons. The average Bonchev–Trinajstić information content (AvgIpc) is 2.01. The predicted molar refractivity (Wildman–Crippen MR) is 53.2 cm³/mol. The van der Waals surface area contributed by atoms with Crippen LogP contribution in [-0.2, 0) is 0 Å². The fraction of sp³-hybridized carbons (Fsp3) is 0.818. The number of hydrogen-bond donors (Lipinski definition) is 2. The molecule has 0 fully saturated rings. The van der Waals surface area contributed by atoms with E-state index < -0.39 is 6.29 Å². The van der Waals surface area contributed by atoms with Gasteiger partial charge in [-0.25, -0.2) is 0 Å². The lowest BCUT2D eigenvalue weighted by Gasteiger charge is -2.33. The first kappa shape index (κ1) is 10.7. The van der Waals surface area contributed by atoms with Crippen molar-refractivity contribution in [2.45, 2.75) is 52.2 Å². The molecule has 2 nitrogen and oxygen atoms in total. The Bertz CT molecular complexity index is 196. The zero-order valence-electron chi connectivity index (χ0n) is 8.58. The highest BCUT2D eigenvalue weighted by Gasteiger charge is 2.26. The van der Waals surface area contributed by atoms with Crippen molar-refractivity contribution < 1.29 is 10.2 Å². The third-order valence-electron chi connectivity index (χ3n) is 2.95. The molecule has 13 heavy (non-hydrogen) atoms. The van der Waals surface area contributed by atoms with Crippen molar-refractivity contribution in [2.24, 2.45) is 5.41 Å². The summed E-state index contributed by atoms with van der Waals surface area (Å²) in [6.45, 7) is 4.40. The van der Waals surface area contributed by atoms with E-state index in [-0.39, 0.29) is 0 Å². The normalized spacial score (nSPS) is 29.2. The van der Waals surface area contributed by atoms with E-state index in [9.17, 15) is 0 Å². The van der Waals surface area contributed by atoms with Crippen LogP contribution in [0.2, 0.25) is 0 Å². The lowest BCUT2D eigenvalue weighted by molar-refractivity contribution is -0.0534. The fourth-order valence-electron chi connectivity index (χ4n) is 2.19. The van der Waals surface area contributed by atoms with Gasteiger partial charge in [-0.1, -0.05) is 18.6 Å². The van der Waals surface area contributed by atoms with Crippen LogP contribution in [0.3, 0.4) is 0 Å². The van der Waals surface area contributed by atoms with Gasteiger partial charge in [-0.15, -0.1) is 0 Å². The van der Waals surface area contributed by atoms with E-state index >= 15 is 0 Å². The molecule has 0 saturated carbocycles. The van der Waals surface area contributed by atoms with Crippen molar-refractivity contribution in [3.05, 3.63) is 11.6 Å². The van der Waals surface area contributed by atoms with Crippen LogP contribution in [0.4, 0.5) is 0 Å². The lowest BCUT2D eigenvalue weighted by Crippen LogP contribution is -2.21. The molecule has 1 aliphatic carbocycles. The van der Waals surface area contributed by atoms with Crippen LogP contribution in [0.15, 0.2) is 11.6 Å². The van der Waals surface area contributed by atoms with Gasteiger partial charge in [0.25, 0.3) is 0 Å². The van der Waals surface area contributed by atoms with Gasteiger partial charge in [-0.2, -0.15) is 0 Å². The van der Waals surface area contributed by atoms with E-state index in [2.05, 4.69) is 19.9 Å². The van der Waals surface area contributed by atoms with Gasteiger partial charge in [0.2, 0.25) is 0 Å². The van der Waals surface area contributed by atoms with Crippen LogP contribution < -0.4 is 0 Å². The van der Waals surface area contributed by atoms with Gasteiger partial charge < -0.3 is 10.2 Å². The third-order valence-corrected chi connectivity index (χ3v) is 2.95. The minimum atomic E-state index is -1.14. The number of aliphatic hydroxyl groups is 2. The first-order valence-corrected chi connectivity index (χ1v) is 5.04. The highest BCUT2D eigenvalue weighted by Crippen LogP contribution is 2.39. The molecule has 0 heterocycles. The summed E-state index contributed by atoms with van der Waals surface area (Å²) in [6.07, 6.45) is 6.00. The first-order chi connectivity index (χ1) is 6.02. The maximum Gasteiger partial charge on any atom is 0.151 e. The Labute approximate surface area is 80.3 Å². The van der Waals surface area contributed by atoms with Crippen molar-refractivity contribution in [1.29, 1.82) is 0 Å². The summed E-state index contributed by atoms with van der Waals surface area (Å²) >= 11 is 0. The maximum atomic E-state index is 8.80. The van der Waals surface area contributed by atoms with Crippen LogP contribution in [0.1, 0.15) is 46.0 Å². The Morgan fingerprint density at radius 3 is 2.77 bits per heavy atom. The van der Waals surface area contributed by atoms with Gasteiger partial charge in [-0.3, -0.25) is 0 Å². The quantitative estimate of drug-likeness (QED) is 0.521. The van der Waals surface area contributed by atoms with Crippen molar-refractivity contribution in [1.82, 2.24) is 0 Å². The molecule has 0 aromatic rings. The van der Waals surface area contributed by atoms with Gasteiger partial charge in [0.1, 0.15) is 0 Å². The molecule has 1 aliphatic rings. The Morgan fingerprint density at radius 2 is 2.23 bits per heavy atom. The van der Waals surface area contributed by atoms with Crippen molar-refractivity contribution in [3.63, 3.8) is 0 Å². The second-order valence-corrected chi connectivity index (χ2v) is 4.60. The van der Waals surface area contributed by atoms with E-state index in [0.29, 0.717) is 11.8 Å². The molecule has 1 atom stereocenters. The van der Waals surface area contributed by atoms with Crippen molar-refractivity contribution in [2.75, 3.05) is 0 Å².